The van der Waals surface area contributed by atoms with E-state index in [4.69, 9.17) is 15.2 Å². The Labute approximate surface area is 84.7 Å². The van der Waals surface area contributed by atoms with Crippen LogP contribution in [0.3, 0.4) is 0 Å². The lowest BCUT2D eigenvalue weighted by molar-refractivity contribution is -0.176. The minimum absolute atomic E-state index is 0.0214. The zero-order valence-corrected chi connectivity index (χ0v) is 9.08. The molecule has 1 fully saturated rings. The van der Waals surface area contributed by atoms with Crippen molar-refractivity contribution in [1.29, 1.82) is 0 Å². The van der Waals surface area contributed by atoms with Gasteiger partial charge in [-0.2, -0.15) is 0 Å². The van der Waals surface area contributed by atoms with Gasteiger partial charge in [-0.3, -0.25) is 0 Å². The number of carbonyl (C=O) groups excluding carboxylic acids is 1. The first-order chi connectivity index (χ1) is 6.44. The van der Waals surface area contributed by atoms with Crippen LogP contribution in [0.15, 0.2) is 0 Å². The highest BCUT2D eigenvalue weighted by Gasteiger charge is 2.37. The molecule has 1 saturated heterocycles. The molecule has 1 rings (SSSR count). The number of ether oxygens (including phenoxy) is 2. The molecule has 4 heteroatoms. The first-order valence-corrected chi connectivity index (χ1v) is 5.04. The van der Waals surface area contributed by atoms with Crippen molar-refractivity contribution in [3.8, 4) is 0 Å². The van der Waals surface area contributed by atoms with E-state index in [9.17, 15) is 4.79 Å². The lowest BCUT2D eigenvalue weighted by Crippen LogP contribution is -2.48. The van der Waals surface area contributed by atoms with Crippen molar-refractivity contribution in [3.63, 3.8) is 0 Å². The maximum atomic E-state index is 11.4. The Kier molecular flexibility index (Phi) is 3.50. The normalized spacial score (nSPS) is 31.1. The quantitative estimate of drug-likeness (QED) is 0.672. The fourth-order valence-corrected chi connectivity index (χ4v) is 1.85. The minimum atomic E-state index is -0.492. The zero-order valence-electron chi connectivity index (χ0n) is 9.08. The van der Waals surface area contributed by atoms with Crippen LogP contribution in [0.1, 0.15) is 33.6 Å². The second kappa shape index (κ2) is 4.28. The largest absolute Gasteiger partial charge is 0.464 e. The highest BCUT2D eigenvalue weighted by atomic mass is 16.6. The molecule has 0 amide bonds. The molecule has 1 aliphatic heterocycles. The van der Waals surface area contributed by atoms with Crippen LogP contribution in [-0.2, 0) is 14.3 Å². The molecule has 0 aromatic heterocycles. The predicted octanol–water partition coefficient (Wildman–Crippen LogP) is 0.834. The van der Waals surface area contributed by atoms with E-state index in [1.165, 1.54) is 0 Å². The third kappa shape index (κ3) is 2.96. The van der Waals surface area contributed by atoms with Crippen molar-refractivity contribution >= 4 is 5.97 Å². The van der Waals surface area contributed by atoms with E-state index < -0.39 is 6.10 Å². The summed E-state index contributed by atoms with van der Waals surface area (Å²) in [6.07, 6.45) is 0.847. The number of rotatable bonds is 2. The predicted molar refractivity (Wildman–Crippen MR) is 52.8 cm³/mol. The summed E-state index contributed by atoms with van der Waals surface area (Å²) in [5, 5.41) is 0. The molecule has 0 aromatic carbocycles. The summed E-state index contributed by atoms with van der Waals surface area (Å²) in [5.41, 5.74) is 5.52. The fourth-order valence-electron chi connectivity index (χ4n) is 1.85. The second-order valence-corrected chi connectivity index (χ2v) is 4.32. The number of carbonyl (C=O) groups is 1. The lowest BCUT2D eigenvalue weighted by atomic mass is 9.91. The molecular weight excluding hydrogens is 182 g/mol. The fraction of sp³-hybridized carbons (Fsp3) is 0.900. The molecule has 2 atom stereocenters. The summed E-state index contributed by atoms with van der Waals surface area (Å²) in [6.45, 7) is 6.05. The molecular formula is C10H19NO3. The summed E-state index contributed by atoms with van der Waals surface area (Å²) in [7, 11) is 0. The third-order valence-corrected chi connectivity index (χ3v) is 2.28. The Morgan fingerprint density at radius 3 is 2.79 bits per heavy atom. The number of esters is 1. The van der Waals surface area contributed by atoms with Crippen LogP contribution in [0.4, 0.5) is 0 Å². The van der Waals surface area contributed by atoms with E-state index in [2.05, 4.69) is 0 Å². The van der Waals surface area contributed by atoms with E-state index >= 15 is 0 Å². The summed E-state index contributed by atoms with van der Waals surface area (Å²) in [4.78, 5) is 11.4. The van der Waals surface area contributed by atoms with Crippen molar-refractivity contribution < 1.29 is 14.3 Å². The molecule has 0 unspecified atom stereocenters. The minimum Gasteiger partial charge on any atom is -0.464 e. The van der Waals surface area contributed by atoms with Crippen LogP contribution >= 0.6 is 0 Å². The van der Waals surface area contributed by atoms with Gasteiger partial charge in [0, 0.05) is 6.04 Å². The standard InChI is InChI=1S/C10H19NO3/c1-4-13-9(12)8-5-7(11)6-10(2,3)14-8/h7-8H,4-6,11H2,1-3H3/t7-,8+/m1/s1. The monoisotopic (exact) mass is 201 g/mol. The Bertz CT molecular complexity index is 215. The van der Waals surface area contributed by atoms with Crippen molar-refractivity contribution in [1.82, 2.24) is 0 Å². The van der Waals surface area contributed by atoms with Gasteiger partial charge in [0.2, 0.25) is 0 Å². The van der Waals surface area contributed by atoms with E-state index in [0.717, 1.165) is 6.42 Å². The van der Waals surface area contributed by atoms with Gasteiger partial charge >= 0.3 is 5.97 Å². The molecule has 0 aromatic rings. The molecule has 0 saturated carbocycles. The van der Waals surface area contributed by atoms with Gasteiger partial charge in [-0.25, -0.2) is 4.79 Å². The Hall–Kier alpha value is -0.610. The molecule has 14 heavy (non-hydrogen) atoms. The summed E-state index contributed by atoms with van der Waals surface area (Å²) >= 11 is 0. The van der Waals surface area contributed by atoms with Gasteiger partial charge in [-0.15, -0.1) is 0 Å². The third-order valence-electron chi connectivity index (χ3n) is 2.28. The summed E-state index contributed by atoms with van der Waals surface area (Å²) < 4.78 is 10.5. The smallest absolute Gasteiger partial charge is 0.335 e. The van der Waals surface area contributed by atoms with E-state index in [-0.39, 0.29) is 17.6 Å². The first-order valence-electron chi connectivity index (χ1n) is 5.04. The van der Waals surface area contributed by atoms with Crippen LogP contribution in [-0.4, -0.2) is 30.3 Å². The summed E-state index contributed by atoms with van der Waals surface area (Å²) in [5.74, 6) is -0.296. The first kappa shape index (κ1) is 11.5. The number of hydrogen-bond donors (Lipinski definition) is 1. The molecule has 0 radical (unpaired) electrons. The van der Waals surface area contributed by atoms with E-state index in [1.807, 2.05) is 13.8 Å². The van der Waals surface area contributed by atoms with Crippen LogP contribution in [0, 0.1) is 0 Å². The topological polar surface area (TPSA) is 61.5 Å². The molecule has 82 valence electrons. The molecule has 4 nitrogen and oxygen atoms in total. The van der Waals surface area contributed by atoms with Crippen molar-refractivity contribution in [2.24, 2.45) is 5.73 Å². The second-order valence-electron chi connectivity index (χ2n) is 4.32. The summed E-state index contributed by atoms with van der Waals surface area (Å²) in [6, 6.07) is 0.0214. The Balaban J connectivity index is 2.57. The Morgan fingerprint density at radius 1 is 1.64 bits per heavy atom. The van der Waals surface area contributed by atoms with Crippen molar-refractivity contribution in [2.45, 2.75) is 51.4 Å². The van der Waals surface area contributed by atoms with E-state index in [0.29, 0.717) is 13.0 Å². The molecule has 1 aliphatic rings. The van der Waals surface area contributed by atoms with Gasteiger partial charge in [0.05, 0.1) is 12.2 Å². The Morgan fingerprint density at radius 2 is 2.29 bits per heavy atom. The molecule has 0 spiro atoms. The van der Waals surface area contributed by atoms with Gasteiger partial charge in [0.25, 0.3) is 0 Å². The van der Waals surface area contributed by atoms with Gasteiger partial charge < -0.3 is 15.2 Å². The average Bonchev–Trinajstić information content (AvgIpc) is 2.00. The number of nitrogens with two attached hydrogens (primary N) is 1. The molecule has 1 heterocycles. The SMILES string of the molecule is CCOC(=O)[C@@H]1C[C@@H](N)CC(C)(C)O1. The highest BCUT2D eigenvalue weighted by molar-refractivity contribution is 5.74. The maximum Gasteiger partial charge on any atom is 0.335 e. The van der Waals surface area contributed by atoms with Crippen LogP contribution in [0.2, 0.25) is 0 Å². The lowest BCUT2D eigenvalue weighted by Gasteiger charge is -2.37. The van der Waals surface area contributed by atoms with Gasteiger partial charge in [-0.05, 0) is 33.6 Å². The molecule has 0 aliphatic carbocycles. The molecule has 2 N–H and O–H groups in total. The zero-order chi connectivity index (χ0) is 10.8. The van der Waals surface area contributed by atoms with Crippen LogP contribution in [0.5, 0.6) is 0 Å². The van der Waals surface area contributed by atoms with Gasteiger partial charge in [0.1, 0.15) is 0 Å². The van der Waals surface area contributed by atoms with Crippen LogP contribution in [0.25, 0.3) is 0 Å². The molecule has 0 bridgehead atoms. The van der Waals surface area contributed by atoms with Crippen molar-refractivity contribution in [2.75, 3.05) is 6.61 Å². The van der Waals surface area contributed by atoms with Gasteiger partial charge in [-0.1, -0.05) is 0 Å². The maximum absolute atomic E-state index is 11.4. The van der Waals surface area contributed by atoms with E-state index in [1.54, 1.807) is 6.92 Å². The average molecular weight is 201 g/mol. The van der Waals surface area contributed by atoms with Crippen LogP contribution < -0.4 is 5.73 Å². The highest BCUT2D eigenvalue weighted by Crippen LogP contribution is 2.27. The number of hydrogen-bond acceptors (Lipinski definition) is 4. The van der Waals surface area contributed by atoms with Gasteiger partial charge in [0.15, 0.2) is 6.10 Å². The van der Waals surface area contributed by atoms with Crippen molar-refractivity contribution in [3.05, 3.63) is 0 Å².